The Labute approximate surface area is 179 Å². The van der Waals surface area contributed by atoms with Crippen molar-refractivity contribution in [1.82, 2.24) is 15.1 Å². The number of aromatic nitrogens is 2. The Hall–Kier alpha value is -3.36. The number of nitrogens with zero attached hydrogens (tertiary/aromatic N) is 3. The molecule has 0 bridgehead atoms. The molecule has 0 unspecified atom stereocenters. The topological polar surface area (TPSA) is 76.6 Å². The van der Waals surface area contributed by atoms with Gasteiger partial charge in [0.25, 0.3) is 11.8 Å². The first-order chi connectivity index (χ1) is 15.2. The average molecular weight is 422 g/mol. The Morgan fingerprint density at radius 3 is 2.58 bits per heavy atom. The number of benzene rings is 2. The van der Waals surface area contributed by atoms with Gasteiger partial charge in [-0.2, -0.15) is 5.10 Å². The van der Waals surface area contributed by atoms with Crippen LogP contribution in [0, 0.1) is 5.82 Å². The number of morpholine rings is 1. The zero-order valence-corrected chi connectivity index (χ0v) is 17.0. The summed E-state index contributed by atoms with van der Waals surface area (Å²) in [5.74, 6) is -0.352. The van der Waals surface area contributed by atoms with Crippen LogP contribution in [-0.2, 0) is 17.9 Å². The van der Waals surface area contributed by atoms with E-state index >= 15 is 0 Å². The van der Waals surface area contributed by atoms with Crippen LogP contribution in [0.4, 0.5) is 10.1 Å². The fraction of sp³-hybridized carbons (Fsp3) is 0.261. The van der Waals surface area contributed by atoms with E-state index in [-0.39, 0.29) is 24.2 Å². The minimum Gasteiger partial charge on any atom is -0.470 e. The quantitative estimate of drug-likeness (QED) is 0.630. The van der Waals surface area contributed by atoms with E-state index in [1.807, 2.05) is 6.07 Å². The molecule has 3 aromatic rings. The second kappa shape index (κ2) is 10.1. The molecule has 2 aromatic carbocycles. The van der Waals surface area contributed by atoms with Crippen LogP contribution in [0.1, 0.15) is 21.5 Å². The first-order valence-corrected chi connectivity index (χ1v) is 10.1. The predicted molar refractivity (Wildman–Crippen MR) is 113 cm³/mol. The van der Waals surface area contributed by atoms with Crippen molar-refractivity contribution in [2.45, 2.75) is 13.2 Å². The maximum absolute atomic E-state index is 13.2. The largest absolute Gasteiger partial charge is 0.470 e. The number of hydrogen-bond acceptors (Lipinski definition) is 6. The van der Waals surface area contributed by atoms with Gasteiger partial charge in [-0.05, 0) is 29.8 Å². The fourth-order valence-corrected chi connectivity index (χ4v) is 3.27. The molecule has 4 rings (SSSR count). The number of nitrogens with one attached hydrogen (secondary N) is 1. The lowest BCUT2D eigenvalue weighted by Crippen LogP contribution is -2.36. The van der Waals surface area contributed by atoms with Gasteiger partial charge in [-0.15, -0.1) is 5.10 Å². The molecule has 1 aliphatic heterocycles. The van der Waals surface area contributed by atoms with Crippen LogP contribution >= 0.6 is 0 Å². The molecule has 0 spiro atoms. The molecule has 2 heterocycles. The van der Waals surface area contributed by atoms with Gasteiger partial charge >= 0.3 is 0 Å². The standard InChI is InChI=1S/C23H23FN4O3/c24-20-8-6-17(7-9-20)16-31-23-21(26-22(29)18-4-2-1-3-5-18)19(14-25-27-23)15-28-10-12-30-13-11-28/h1-9,14H,10-13,15-16H2,(H,25,26,29). The van der Waals surface area contributed by atoms with Crippen LogP contribution in [0.25, 0.3) is 0 Å². The second-order valence-electron chi connectivity index (χ2n) is 7.17. The van der Waals surface area contributed by atoms with Crippen molar-refractivity contribution in [3.8, 4) is 5.88 Å². The minimum absolute atomic E-state index is 0.171. The summed E-state index contributed by atoms with van der Waals surface area (Å²) < 4.78 is 24.5. The Balaban J connectivity index is 1.58. The smallest absolute Gasteiger partial charge is 0.258 e. The number of ether oxygens (including phenoxy) is 2. The molecule has 1 fully saturated rings. The number of halogens is 1. The molecule has 160 valence electrons. The second-order valence-corrected chi connectivity index (χ2v) is 7.17. The normalized spacial score (nSPS) is 14.2. The van der Waals surface area contributed by atoms with Gasteiger partial charge in [-0.3, -0.25) is 9.69 Å². The van der Waals surface area contributed by atoms with E-state index in [4.69, 9.17) is 9.47 Å². The molecule has 0 radical (unpaired) electrons. The van der Waals surface area contributed by atoms with Crippen molar-refractivity contribution in [3.05, 3.63) is 83.3 Å². The van der Waals surface area contributed by atoms with Gasteiger partial charge in [-0.25, -0.2) is 4.39 Å². The van der Waals surface area contributed by atoms with Gasteiger partial charge in [0.1, 0.15) is 18.1 Å². The van der Waals surface area contributed by atoms with Crippen LogP contribution in [0.2, 0.25) is 0 Å². The summed E-state index contributed by atoms with van der Waals surface area (Å²) in [7, 11) is 0. The monoisotopic (exact) mass is 422 g/mol. The summed E-state index contributed by atoms with van der Waals surface area (Å²) in [5.41, 5.74) is 2.59. The van der Waals surface area contributed by atoms with Crippen molar-refractivity contribution in [2.24, 2.45) is 0 Å². The molecular formula is C23H23FN4O3. The average Bonchev–Trinajstić information content (AvgIpc) is 2.81. The van der Waals surface area contributed by atoms with E-state index < -0.39 is 0 Å². The first kappa shape index (κ1) is 20.9. The molecule has 1 aromatic heterocycles. The highest BCUT2D eigenvalue weighted by Crippen LogP contribution is 2.28. The highest BCUT2D eigenvalue weighted by Gasteiger charge is 2.20. The van der Waals surface area contributed by atoms with Gasteiger partial charge < -0.3 is 14.8 Å². The Morgan fingerprint density at radius 1 is 1.10 bits per heavy atom. The van der Waals surface area contributed by atoms with Crippen LogP contribution in [-0.4, -0.2) is 47.3 Å². The van der Waals surface area contributed by atoms with Gasteiger partial charge in [-0.1, -0.05) is 30.3 Å². The number of amides is 1. The summed E-state index contributed by atoms with van der Waals surface area (Å²) in [6.45, 7) is 3.66. The van der Waals surface area contributed by atoms with E-state index in [0.717, 1.165) is 24.2 Å². The number of rotatable bonds is 7. The lowest BCUT2D eigenvalue weighted by atomic mass is 10.2. The van der Waals surface area contributed by atoms with Crippen molar-refractivity contribution >= 4 is 11.6 Å². The van der Waals surface area contributed by atoms with Gasteiger partial charge in [0.2, 0.25) is 0 Å². The third-order valence-corrected chi connectivity index (χ3v) is 4.96. The fourth-order valence-electron chi connectivity index (χ4n) is 3.27. The van der Waals surface area contributed by atoms with Gasteiger partial charge in [0.05, 0.1) is 19.4 Å². The molecule has 31 heavy (non-hydrogen) atoms. The Morgan fingerprint density at radius 2 is 1.84 bits per heavy atom. The third kappa shape index (κ3) is 5.62. The summed E-state index contributed by atoms with van der Waals surface area (Å²) in [5, 5.41) is 11.1. The molecule has 0 saturated carbocycles. The van der Waals surface area contributed by atoms with Crippen molar-refractivity contribution < 1.29 is 18.7 Å². The summed E-state index contributed by atoms with van der Waals surface area (Å²) in [6, 6.07) is 15.0. The van der Waals surface area contributed by atoms with Crippen LogP contribution in [0.15, 0.2) is 60.8 Å². The maximum Gasteiger partial charge on any atom is 0.258 e. The first-order valence-electron chi connectivity index (χ1n) is 10.1. The van der Waals surface area contributed by atoms with Crippen LogP contribution in [0.5, 0.6) is 5.88 Å². The summed E-state index contributed by atoms with van der Waals surface area (Å²) in [4.78, 5) is 15.1. The minimum atomic E-state index is -0.313. The molecule has 1 saturated heterocycles. The predicted octanol–water partition coefficient (Wildman–Crippen LogP) is 3.28. The maximum atomic E-state index is 13.2. The number of carbonyl (C=O) groups is 1. The number of anilines is 1. The summed E-state index contributed by atoms with van der Waals surface area (Å²) >= 11 is 0. The van der Waals surface area contributed by atoms with Crippen LogP contribution in [0.3, 0.4) is 0 Å². The van der Waals surface area contributed by atoms with Crippen molar-refractivity contribution in [2.75, 3.05) is 31.6 Å². The SMILES string of the molecule is O=C(Nc1c(CN2CCOCC2)cnnc1OCc1ccc(F)cc1)c1ccccc1. The number of carbonyl (C=O) groups excluding carboxylic acids is 1. The molecule has 8 heteroatoms. The summed E-state index contributed by atoms with van der Waals surface area (Å²) in [6.07, 6.45) is 1.64. The van der Waals surface area contributed by atoms with Crippen molar-refractivity contribution in [1.29, 1.82) is 0 Å². The zero-order chi connectivity index (χ0) is 21.5. The molecule has 1 aliphatic rings. The Kier molecular flexibility index (Phi) is 6.81. The van der Waals surface area contributed by atoms with E-state index in [0.29, 0.717) is 31.0 Å². The van der Waals surface area contributed by atoms with Gasteiger partial charge in [0.15, 0.2) is 0 Å². The number of hydrogen-bond donors (Lipinski definition) is 1. The zero-order valence-electron chi connectivity index (χ0n) is 17.0. The lowest BCUT2D eigenvalue weighted by Gasteiger charge is -2.27. The van der Waals surface area contributed by atoms with Crippen molar-refractivity contribution in [3.63, 3.8) is 0 Å². The molecule has 1 amide bonds. The molecular weight excluding hydrogens is 399 g/mol. The van der Waals surface area contributed by atoms with E-state index in [1.165, 1.54) is 12.1 Å². The molecule has 7 nitrogen and oxygen atoms in total. The van der Waals surface area contributed by atoms with Crippen LogP contribution < -0.4 is 10.1 Å². The highest BCUT2D eigenvalue weighted by atomic mass is 19.1. The Bertz CT molecular complexity index is 1010. The third-order valence-electron chi connectivity index (χ3n) is 4.96. The van der Waals surface area contributed by atoms with Gasteiger partial charge in [0, 0.05) is 30.8 Å². The molecule has 0 aliphatic carbocycles. The van der Waals surface area contributed by atoms with E-state index in [9.17, 15) is 9.18 Å². The molecule has 0 atom stereocenters. The van der Waals surface area contributed by atoms with E-state index in [1.54, 1.807) is 42.6 Å². The lowest BCUT2D eigenvalue weighted by molar-refractivity contribution is 0.0341. The molecule has 1 N–H and O–H groups in total. The van der Waals surface area contributed by atoms with E-state index in [2.05, 4.69) is 20.4 Å². The highest BCUT2D eigenvalue weighted by molar-refractivity contribution is 6.05.